The van der Waals surface area contributed by atoms with Gasteiger partial charge in [-0.3, -0.25) is 4.79 Å². The molecule has 2 bridgehead atoms. The predicted octanol–water partition coefficient (Wildman–Crippen LogP) is 3.31. The highest BCUT2D eigenvalue weighted by molar-refractivity contribution is 5.73. The van der Waals surface area contributed by atoms with Gasteiger partial charge in [0, 0.05) is 29.7 Å². The molecule has 12 nitrogen and oxygen atoms in total. The monoisotopic (exact) mass is 699 g/mol. The molecule has 0 spiro atoms. The third-order valence-electron chi connectivity index (χ3n) is 12.5. The summed E-state index contributed by atoms with van der Waals surface area (Å²) >= 11 is 0. The summed E-state index contributed by atoms with van der Waals surface area (Å²) in [5.74, 6) is -2.22. The van der Waals surface area contributed by atoms with Crippen LogP contribution >= 0.6 is 0 Å². The number of aldehydes is 1. The Bertz CT molecular complexity index is 1150. The van der Waals surface area contributed by atoms with Crippen molar-refractivity contribution in [1.29, 1.82) is 0 Å². The Morgan fingerprint density at radius 1 is 0.878 bits per heavy atom. The van der Waals surface area contributed by atoms with Crippen molar-refractivity contribution in [2.24, 2.45) is 34.5 Å². The van der Waals surface area contributed by atoms with Crippen molar-refractivity contribution in [2.45, 2.75) is 175 Å². The molecule has 0 radical (unpaired) electrons. The first kappa shape index (κ1) is 40.5. The van der Waals surface area contributed by atoms with Gasteiger partial charge in [-0.05, 0) is 67.5 Å². The summed E-state index contributed by atoms with van der Waals surface area (Å²) in [5.41, 5.74) is -2.89. The number of hydrogen-bond donors (Lipinski definition) is 3. The fraction of sp³-hybridized carbons (Fsp3) is 0.946. The summed E-state index contributed by atoms with van der Waals surface area (Å²) in [4.78, 5) is 28.2. The summed E-state index contributed by atoms with van der Waals surface area (Å²) in [6.07, 6.45) is -6.33. The molecule has 0 aromatic carbocycles. The minimum Gasteiger partial charge on any atom is -0.462 e. The second-order valence-electron chi connectivity index (χ2n) is 17.2. The van der Waals surface area contributed by atoms with Gasteiger partial charge in [0.05, 0.1) is 59.7 Å². The lowest BCUT2D eigenvalue weighted by molar-refractivity contribution is -0.313. The lowest BCUT2D eigenvalue weighted by atomic mass is 9.72. The van der Waals surface area contributed by atoms with Crippen LogP contribution in [-0.4, -0.2) is 126 Å². The third kappa shape index (κ3) is 7.93. The molecule has 0 amide bonds. The number of rotatable bonds is 6. The molecule has 4 aliphatic heterocycles. The Morgan fingerprint density at radius 3 is 2.10 bits per heavy atom. The second kappa shape index (κ2) is 15.0. The number of likely N-dealkylation sites (N-methyl/N-ethyl adjacent to an activating group) is 1. The summed E-state index contributed by atoms with van der Waals surface area (Å²) in [7, 11) is 3.83. The van der Waals surface area contributed by atoms with E-state index in [1.54, 1.807) is 27.7 Å². The van der Waals surface area contributed by atoms with E-state index in [1.807, 2.05) is 60.5 Å². The quantitative estimate of drug-likeness (QED) is 0.276. The Kier molecular flexibility index (Phi) is 12.4. The fourth-order valence-corrected chi connectivity index (χ4v) is 8.95. The number of esters is 1. The van der Waals surface area contributed by atoms with Crippen LogP contribution in [0, 0.1) is 34.5 Å². The zero-order valence-electron chi connectivity index (χ0n) is 32.0. The summed E-state index contributed by atoms with van der Waals surface area (Å²) < 4.78 is 39.1. The van der Waals surface area contributed by atoms with Gasteiger partial charge < -0.3 is 53.4 Å². The largest absolute Gasteiger partial charge is 0.462 e. The summed E-state index contributed by atoms with van der Waals surface area (Å²) in [6, 6.07) is -0.216. The Labute approximate surface area is 293 Å². The van der Waals surface area contributed by atoms with Crippen molar-refractivity contribution < 1.29 is 53.3 Å². The molecule has 3 unspecified atom stereocenters. The summed E-state index contributed by atoms with van der Waals surface area (Å²) in [5, 5.41) is 34.1. The normalized spacial score (nSPS) is 51.3. The average Bonchev–Trinajstić information content (AvgIpc) is 3.34. The molecular weight excluding hydrogens is 634 g/mol. The maximum Gasteiger partial charge on any atom is 0.311 e. The molecule has 49 heavy (non-hydrogen) atoms. The van der Waals surface area contributed by atoms with Gasteiger partial charge in [0.1, 0.15) is 18.5 Å². The van der Waals surface area contributed by atoms with Gasteiger partial charge in [-0.15, -0.1) is 0 Å². The van der Waals surface area contributed by atoms with Gasteiger partial charge in [0.2, 0.25) is 0 Å². The molecular formula is C37H65NO11. The van der Waals surface area contributed by atoms with Crippen molar-refractivity contribution in [2.75, 3.05) is 14.1 Å². The van der Waals surface area contributed by atoms with Gasteiger partial charge in [0.25, 0.3) is 0 Å². The van der Waals surface area contributed by atoms with Crippen LogP contribution in [0.1, 0.15) is 95.4 Å². The standard InChI is InChI=1S/C37H65NO11/c1-18-15-37(11)32(48-34-27(40)25(38(12)13)14-19(2)44-34)21(4)29(47-26-16-36(10,17-39)31(42)23(6)45-26)22(5)33(43)46-24(7)35(8,9)30(41)20(3)28(18)49-37/h17-32,34,40-42H,14-16H2,1-13H3/t18?,19-,20+,21+,22-,23+,24?,25+,26+,27-,28?,29+,30-,31+,32-,34+,36+,37-/m1/s1. The summed E-state index contributed by atoms with van der Waals surface area (Å²) in [6.45, 7) is 20.6. The number of aliphatic hydroxyl groups is 3. The van der Waals surface area contributed by atoms with E-state index in [0.717, 1.165) is 6.29 Å². The number of carbonyl (C=O) groups excluding carboxylic acids is 2. The molecule has 4 fully saturated rings. The number of ether oxygens (including phenoxy) is 6. The van der Waals surface area contributed by atoms with Gasteiger partial charge in [-0.1, -0.05) is 41.5 Å². The number of aliphatic hydroxyl groups excluding tert-OH is 3. The SMILES string of the molecule is CC1C[C@@]2(C)OC1[C@H](C)[C@@H](O)C(C)(C)C(C)OC(=O)[C@H](C)[C@@H](O[C@H]1C[C@@](C)(C=O)[C@@H](O)[C@H](C)O1)[C@H](C)[C@H]2O[C@@H]1O[C@H](C)C[C@H](N(C)C)[C@H]1O. The highest BCUT2D eigenvalue weighted by Gasteiger charge is 2.57. The minimum atomic E-state index is -1.13. The van der Waals surface area contributed by atoms with Crippen molar-refractivity contribution in [3.8, 4) is 0 Å². The van der Waals surface area contributed by atoms with Crippen molar-refractivity contribution in [3.05, 3.63) is 0 Å². The maximum absolute atomic E-state index is 14.0. The molecule has 4 saturated heterocycles. The third-order valence-corrected chi connectivity index (χ3v) is 12.5. The molecule has 3 N–H and O–H groups in total. The molecule has 0 aromatic heterocycles. The number of nitrogens with zero attached hydrogens (tertiary/aromatic N) is 1. The van der Waals surface area contributed by atoms with Crippen LogP contribution in [0.15, 0.2) is 0 Å². The highest BCUT2D eigenvalue weighted by atomic mass is 16.7. The Morgan fingerprint density at radius 2 is 1.51 bits per heavy atom. The Hall–Kier alpha value is -1.22. The topological polar surface area (TPSA) is 153 Å². The zero-order valence-corrected chi connectivity index (χ0v) is 32.0. The van der Waals surface area contributed by atoms with E-state index in [-0.39, 0.29) is 36.5 Å². The van der Waals surface area contributed by atoms with Gasteiger partial charge in [0.15, 0.2) is 12.6 Å². The maximum atomic E-state index is 14.0. The fourth-order valence-electron chi connectivity index (χ4n) is 8.95. The predicted molar refractivity (Wildman–Crippen MR) is 181 cm³/mol. The number of hydrogen-bond acceptors (Lipinski definition) is 12. The van der Waals surface area contributed by atoms with Gasteiger partial charge in [-0.2, -0.15) is 0 Å². The molecule has 0 saturated carbocycles. The van der Waals surface area contributed by atoms with Crippen molar-refractivity contribution in [3.63, 3.8) is 0 Å². The molecule has 18 atom stereocenters. The minimum absolute atomic E-state index is 0.0318. The average molecular weight is 700 g/mol. The number of cyclic esters (lactones) is 1. The van der Waals surface area contributed by atoms with Crippen LogP contribution in [0.25, 0.3) is 0 Å². The molecule has 0 aliphatic carbocycles. The molecule has 284 valence electrons. The van der Waals surface area contributed by atoms with E-state index < -0.39 is 89.5 Å². The molecule has 0 aromatic rings. The van der Waals surface area contributed by atoms with E-state index in [9.17, 15) is 24.9 Å². The van der Waals surface area contributed by atoms with Crippen molar-refractivity contribution in [1.82, 2.24) is 4.90 Å². The van der Waals surface area contributed by atoms with Gasteiger partial charge >= 0.3 is 5.97 Å². The van der Waals surface area contributed by atoms with Crippen LogP contribution in [0.2, 0.25) is 0 Å². The molecule has 12 heteroatoms. The number of carbonyl (C=O) groups is 2. The van der Waals surface area contributed by atoms with Gasteiger partial charge in [-0.25, -0.2) is 0 Å². The molecule has 4 rings (SSSR count). The first-order chi connectivity index (χ1) is 22.6. The van der Waals surface area contributed by atoms with Crippen LogP contribution in [0.4, 0.5) is 0 Å². The Balaban J connectivity index is 1.82. The van der Waals surface area contributed by atoms with Crippen LogP contribution in [0.3, 0.4) is 0 Å². The van der Waals surface area contributed by atoms with Crippen LogP contribution < -0.4 is 0 Å². The van der Waals surface area contributed by atoms with E-state index in [4.69, 9.17) is 28.4 Å². The van der Waals surface area contributed by atoms with Crippen molar-refractivity contribution >= 4 is 12.3 Å². The van der Waals surface area contributed by atoms with E-state index in [2.05, 4.69) is 6.92 Å². The van der Waals surface area contributed by atoms with E-state index in [0.29, 0.717) is 12.8 Å². The van der Waals surface area contributed by atoms with E-state index >= 15 is 0 Å². The van der Waals surface area contributed by atoms with Crippen LogP contribution in [0.5, 0.6) is 0 Å². The lowest BCUT2D eigenvalue weighted by Gasteiger charge is -2.48. The second-order valence-corrected chi connectivity index (χ2v) is 17.2. The number of fused-ring (bicyclic) bond motifs is 2. The smallest absolute Gasteiger partial charge is 0.311 e. The van der Waals surface area contributed by atoms with E-state index in [1.165, 1.54) is 0 Å². The molecule has 4 aliphatic rings. The first-order valence-electron chi connectivity index (χ1n) is 18.2. The van der Waals surface area contributed by atoms with Crippen LogP contribution in [-0.2, 0) is 38.0 Å². The zero-order chi connectivity index (χ0) is 37.0. The first-order valence-corrected chi connectivity index (χ1v) is 18.2. The highest BCUT2D eigenvalue weighted by Crippen LogP contribution is 2.48. The molecule has 4 heterocycles. The lowest BCUT2D eigenvalue weighted by Crippen LogP contribution is -2.59.